The lowest BCUT2D eigenvalue weighted by atomic mass is 10.0. The van der Waals surface area contributed by atoms with E-state index in [1.807, 2.05) is 0 Å². The van der Waals surface area contributed by atoms with Crippen LogP contribution in [0.2, 0.25) is 0 Å². The van der Waals surface area contributed by atoms with Gasteiger partial charge in [0.1, 0.15) is 12.4 Å². The summed E-state index contributed by atoms with van der Waals surface area (Å²) in [6.45, 7) is -0.0173. The summed E-state index contributed by atoms with van der Waals surface area (Å²) >= 11 is 1.55. The summed E-state index contributed by atoms with van der Waals surface area (Å²) in [5.41, 5.74) is 2.31. The third-order valence-electron chi connectivity index (χ3n) is 4.73. The molecule has 4 rings (SSSR count). The molecule has 140 valence electrons. The van der Waals surface area contributed by atoms with Gasteiger partial charge in [0, 0.05) is 23.1 Å². The summed E-state index contributed by atoms with van der Waals surface area (Å²) in [7, 11) is 0. The fourth-order valence-electron chi connectivity index (χ4n) is 3.34. The molecule has 0 bridgehead atoms. The molecule has 1 aliphatic rings. The number of fused-ring (bicyclic) bond motifs is 3. The average Bonchev–Trinajstić information content (AvgIpc) is 3.05. The van der Waals surface area contributed by atoms with Crippen LogP contribution in [0.15, 0.2) is 35.1 Å². The SMILES string of the molecule is O=C(CCc1ccc(F)cc1)OCc1cc(=O)n2c3c(sc2n1)CCCC3. The Morgan fingerprint density at radius 2 is 2.00 bits per heavy atom. The highest BCUT2D eigenvalue weighted by atomic mass is 32.1. The van der Waals surface area contributed by atoms with Crippen LogP contribution in [0.1, 0.15) is 41.1 Å². The lowest BCUT2D eigenvalue weighted by molar-refractivity contribution is -0.145. The Kier molecular flexibility index (Phi) is 5.03. The molecule has 0 saturated heterocycles. The van der Waals surface area contributed by atoms with Crippen LogP contribution in [0.4, 0.5) is 4.39 Å². The second kappa shape index (κ2) is 7.60. The average molecular weight is 386 g/mol. The van der Waals surface area contributed by atoms with Crippen LogP contribution in [-0.4, -0.2) is 15.4 Å². The zero-order chi connectivity index (χ0) is 18.8. The van der Waals surface area contributed by atoms with Gasteiger partial charge in [-0.15, -0.1) is 11.3 Å². The minimum Gasteiger partial charge on any atom is -0.459 e. The predicted octanol–water partition coefficient (Wildman–Crippen LogP) is 3.45. The van der Waals surface area contributed by atoms with E-state index in [-0.39, 0.29) is 30.4 Å². The van der Waals surface area contributed by atoms with Gasteiger partial charge in [0.2, 0.25) is 0 Å². The van der Waals surface area contributed by atoms with E-state index in [0.717, 1.165) is 36.9 Å². The Balaban J connectivity index is 1.40. The highest BCUT2D eigenvalue weighted by molar-refractivity contribution is 7.17. The molecule has 27 heavy (non-hydrogen) atoms. The van der Waals surface area contributed by atoms with Crippen LogP contribution < -0.4 is 5.56 Å². The second-order valence-corrected chi connectivity index (χ2v) is 7.73. The lowest BCUT2D eigenvalue weighted by Crippen LogP contribution is -2.18. The van der Waals surface area contributed by atoms with Crippen LogP contribution in [0.25, 0.3) is 4.96 Å². The highest BCUT2D eigenvalue weighted by Gasteiger charge is 2.18. The first-order valence-corrected chi connectivity index (χ1v) is 9.85. The van der Waals surface area contributed by atoms with E-state index in [1.165, 1.54) is 23.1 Å². The van der Waals surface area contributed by atoms with Gasteiger partial charge in [-0.2, -0.15) is 0 Å². The van der Waals surface area contributed by atoms with E-state index in [9.17, 15) is 14.0 Å². The van der Waals surface area contributed by atoms with Gasteiger partial charge in [0.15, 0.2) is 4.96 Å². The summed E-state index contributed by atoms with van der Waals surface area (Å²) in [6.07, 6.45) is 4.82. The van der Waals surface area contributed by atoms with E-state index in [0.29, 0.717) is 17.1 Å². The first-order valence-electron chi connectivity index (χ1n) is 9.03. The number of hydrogen-bond acceptors (Lipinski definition) is 5. The maximum atomic E-state index is 12.9. The van der Waals surface area contributed by atoms with Crippen molar-refractivity contribution in [3.63, 3.8) is 0 Å². The van der Waals surface area contributed by atoms with E-state index < -0.39 is 0 Å². The van der Waals surface area contributed by atoms with E-state index in [4.69, 9.17) is 4.74 Å². The van der Waals surface area contributed by atoms with Gasteiger partial charge in [-0.05, 0) is 49.8 Å². The third-order valence-corrected chi connectivity index (χ3v) is 5.87. The normalized spacial score (nSPS) is 13.5. The number of aryl methyl sites for hydroxylation is 3. The van der Waals surface area contributed by atoms with Gasteiger partial charge < -0.3 is 4.74 Å². The van der Waals surface area contributed by atoms with Crippen molar-refractivity contribution in [2.24, 2.45) is 0 Å². The highest BCUT2D eigenvalue weighted by Crippen LogP contribution is 2.28. The van der Waals surface area contributed by atoms with E-state index in [1.54, 1.807) is 27.9 Å². The van der Waals surface area contributed by atoms with Crippen molar-refractivity contribution in [1.29, 1.82) is 0 Å². The maximum Gasteiger partial charge on any atom is 0.306 e. The molecule has 5 nitrogen and oxygen atoms in total. The zero-order valence-electron chi connectivity index (χ0n) is 14.7. The monoisotopic (exact) mass is 386 g/mol. The molecule has 3 aromatic rings. The van der Waals surface area contributed by atoms with Crippen molar-refractivity contribution < 1.29 is 13.9 Å². The first-order chi connectivity index (χ1) is 13.1. The molecule has 7 heteroatoms. The van der Waals surface area contributed by atoms with Crippen molar-refractivity contribution in [2.75, 3.05) is 0 Å². The van der Waals surface area contributed by atoms with Crippen LogP contribution in [-0.2, 0) is 35.4 Å². The molecule has 0 atom stereocenters. The standard InChI is InChI=1S/C20H19FN2O3S/c21-14-8-5-13(6-9-14)7-10-19(25)26-12-15-11-18(24)23-16-3-1-2-4-17(16)27-20(23)22-15/h5-6,8-9,11H,1-4,7,10,12H2. The van der Waals surface area contributed by atoms with E-state index in [2.05, 4.69) is 4.98 Å². The van der Waals surface area contributed by atoms with Crippen LogP contribution in [0.5, 0.6) is 0 Å². The number of halogens is 1. The van der Waals surface area contributed by atoms with Gasteiger partial charge >= 0.3 is 5.97 Å². The molecule has 0 spiro atoms. The molecule has 2 aromatic heterocycles. The predicted molar refractivity (Wildman–Crippen MR) is 100 cm³/mol. The quantitative estimate of drug-likeness (QED) is 0.630. The maximum absolute atomic E-state index is 12.9. The largest absolute Gasteiger partial charge is 0.459 e. The zero-order valence-corrected chi connectivity index (χ0v) is 15.6. The number of hydrogen-bond donors (Lipinski definition) is 0. The van der Waals surface area contributed by atoms with Gasteiger partial charge in [-0.3, -0.25) is 14.0 Å². The first kappa shape index (κ1) is 17.9. The molecule has 0 unspecified atom stereocenters. The lowest BCUT2D eigenvalue weighted by Gasteiger charge is -2.10. The van der Waals surface area contributed by atoms with Crippen molar-refractivity contribution in [3.8, 4) is 0 Å². The molecule has 0 aliphatic heterocycles. The molecule has 1 aromatic carbocycles. The molecule has 0 N–H and O–H groups in total. The Morgan fingerprint density at radius 3 is 2.81 bits per heavy atom. The van der Waals surface area contributed by atoms with Crippen LogP contribution in [0.3, 0.4) is 0 Å². The molecule has 2 heterocycles. The number of carbonyl (C=O) groups excluding carboxylic acids is 1. The second-order valence-electron chi connectivity index (χ2n) is 6.67. The number of carbonyl (C=O) groups is 1. The van der Waals surface area contributed by atoms with Gasteiger partial charge in [-0.1, -0.05) is 12.1 Å². The minimum atomic E-state index is -0.369. The van der Waals surface area contributed by atoms with Gasteiger partial charge in [0.25, 0.3) is 5.56 Å². The smallest absolute Gasteiger partial charge is 0.306 e. The molecule has 0 fully saturated rings. The minimum absolute atomic E-state index is 0.0173. The van der Waals surface area contributed by atoms with Crippen molar-refractivity contribution in [1.82, 2.24) is 9.38 Å². The number of rotatable bonds is 5. The van der Waals surface area contributed by atoms with Crippen molar-refractivity contribution in [2.45, 2.75) is 45.1 Å². The van der Waals surface area contributed by atoms with E-state index >= 15 is 0 Å². The summed E-state index contributed by atoms with van der Waals surface area (Å²) in [6, 6.07) is 7.48. The number of aromatic nitrogens is 2. The van der Waals surface area contributed by atoms with Gasteiger partial charge in [-0.25, -0.2) is 9.37 Å². The van der Waals surface area contributed by atoms with Crippen LogP contribution in [0, 0.1) is 5.82 Å². The van der Waals surface area contributed by atoms with Crippen molar-refractivity contribution in [3.05, 3.63) is 68.3 Å². The number of nitrogens with zero attached hydrogens (tertiary/aromatic N) is 2. The van der Waals surface area contributed by atoms with Gasteiger partial charge in [0.05, 0.1) is 5.69 Å². The van der Waals surface area contributed by atoms with Crippen LogP contribution >= 0.6 is 11.3 Å². The number of thiazole rings is 1. The summed E-state index contributed by atoms with van der Waals surface area (Å²) < 4.78 is 19.8. The fourth-order valence-corrected chi connectivity index (χ4v) is 4.57. The Bertz CT molecular complexity index is 1040. The Labute approximate surface area is 159 Å². The third kappa shape index (κ3) is 3.93. The number of ether oxygens (including phenoxy) is 1. The topological polar surface area (TPSA) is 60.7 Å². The molecule has 0 amide bonds. The molecule has 0 saturated carbocycles. The fraction of sp³-hybridized carbons (Fsp3) is 0.350. The Morgan fingerprint density at radius 1 is 1.22 bits per heavy atom. The number of benzene rings is 1. The molecular formula is C20H19FN2O3S. The summed E-state index contributed by atoms with van der Waals surface area (Å²) in [4.78, 5) is 30.8. The number of esters is 1. The van der Waals surface area contributed by atoms with Crippen molar-refractivity contribution >= 4 is 22.3 Å². The molecule has 0 radical (unpaired) electrons. The Hall–Kier alpha value is -2.54. The molecule has 1 aliphatic carbocycles. The summed E-state index contributed by atoms with van der Waals surface area (Å²) in [5, 5.41) is 0. The summed E-state index contributed by atoms with van der Waals surface area (Å²) in [5.74, 6) is -0.670. The molecular weight excluding hydrogens is 367 g/mol.